The third kappa shape index (κ3) is 8.84. The van der Waals surface area contributed by atoms with Crippen LogP contribution in [-0.2, 0) is 17.6 Å². The summed E-state index contributed by atoms with van der Waals surface area (Å²) in [6.45, 7) is 19.9. The van der Waals surface area contributed by atoms with E-state index in [2.05, 4.69) is 57.6 Å². The molecule has 0 aliphatic carbocycles. The third-order valence-electron chi connectivity index (χ3n) is 5.96. The summed E-state index contributed by atoms with van der Waals surface area (Å²) < 4.78 is 6.29. The lowest BCUT2D eigenvalue weighted by Crippen LogP contribution is -2.40. The molecule has 0 saturated carbocycles. The van der Waals surface area contributed by atoms with E-state index in [1.807, 2.05) is 12.1 Å². The van der Waals surface area contributed by atoms with E-state index >= 15 is 0 Å². The topological polar surface area (TPSA) is 65.9 Å². The molecule has 1 N–H and O–H groups in total. The molecule has 0 saturated heterocycles. The van der Waals surface area contributed by atoms with Crippen LogP contribution in [0.5, 0.6) is 0 Å². The van der Waals surface area contributed by atoms with E-state index in [1.54, 1.807) is 6.20 Å². The minimum atomic E-state index is -1.82. The molecule has 0 aliphatic rings. The van der Waals surface area contributed by atoms with Crippen molar-refractivity contribution in [3.05, 3.63) is 29.6 Å². The van der Waals surface area contributed by atoms with Gasteiger partial charge in [-0.1, -0.05) is 34.6 Å². The summed E-state index contributed by atoms with van der Waals surface area (Å²) in [7, 11) is -1.82. The Bertz CT molecular complexity index is 628. The van der Waals surface area contributed by atoms with E-state index in [1.165, 1.54) is 4.90 Å². The van der Waals surface area contributed by atoms with Crippen LogP contribution in [0.3, 0.4) is 0 Å². The van der Waals surface area contributed by atoms with Crippen LogP contribution >= 0.6 is 0 Å². The first kappa shape index (κ1) is 25.6. The monoisotopic (exact) mass is 423 g/mol. The van der Waals surface area contributed by atoms with Crippen molar-refractivity contribution in [3.8, 4) is 0 Å². The van der Waals surface area contributed by atoms with Crippen LogP contribution in [0.1, 0.15) is 58.7 Å². The maximum Gasteiger partial charge on any atom is 0.407 e. The summed E-state index contributed by atoms with van der Waals surface area (Å²) in [6, 6.07) is 3.92. The average Bonchev–Trinajstić information content (AvgIpc) is 2.65. The molecular formula is C22H41N3O3Si. The Hall–Kier alpha value is -1.44. The number of rotatable bonds is 12. The highest BCUT2D eigenvalue weighted by Crippen LogP contribution is 2.37. The molecule has 0 spiro atoms. The smallest absolute Gasteiger partial charge is 0.407 e. The second-order valence-corrected chi connectivity index (χ2v) is 14.0. The van der Waals surface area contributed by atoms with Crippen molar-refractivity contribution < 1.29 is 14.3 Å². The first-order valence-electron chi connectivity index (χ1n) is 10.8. The zero-order valence-electron chi connectivity index (χ0n) is 19.5. The maximum absolute atomic E-state index is 11.7. The van der Waals surface area contributed by atoms with Crippen LogP contribution in [0, 0.1) is 0 Å². The fraction of sp³-hybridized carbons (Fsp3) is 0.727. The van der Waals surface area contributed by atoms with Crippen LogP contribution in [0.25, 0.3) is 0 Å². The molecule has 7 heteroatoms. The van der Waals surface area contributed by atoms with Gasteiger partial charge < -0.3 is 19.3 Å². The lowest BCUT2D eigenvalue weighted by atomic mass is 10.2. The van der Waals surface area contributed by atoms with Crippen LogP contribution < -0.4 is 0 Å². The van der Waals surface area contributed by atoms with Crippen LogP contribution in [0.4, 0.5) is 4.79 Å². The Labute approximate surface area is 178 Å². The lowest BCUT2D eigenvalue weighted by Gasteiger charge is -2.36. The second kappa shape index (κ2) is 11.7. The van der Waals surface area contributed by atoms with Gasteiger partial charge in [0.05, 0.1) is 18.8 Å². The van der Waals surface area contributed by atoms with Gasteiger partial charge in [-0.2, -0.15) is 0 Å². The van der Waals surface area contributed by atoms with Gasteiger partial charge in [-0.15, -0.1) is 0 Å². The maximum atomic E-state index is 11.7. The number of carbonyl (C=O) groups is 1. The summed E-state index contributed by atoms with van der Waals surface area (Å²) >= 11 is 0. The van der Waals surface area contributed by atoms with Gasteiger partial charge in [0.15, 0.2) is 8.32 Å². The molecule has 6 nitrogen and oxygen atoms in total. The Morgan fingerprint density at radius 1 is 1.17 bits per heavy atom. The number of unbranched alkanes of at least 4 members (excludes halogenated alkanes) is 1. The standard InChI is InChI=1S/C22H41N3O3Si/c1-8-24(9-2)14-10-11-15-25(21(26)27)17-20-16-19(12-13-23-20)18-28-29(6,7)22(3,4)5/h12-13,16H,8-11,14-15,17-18H2,1-7H3,(H,26,27). The molecule has 0 aromatic carbocycles. The van der Waals surface area contributed by atoms with Crippen LogP contribution in [0.2, 0.25) is 18.1 Å². The van der Waals surface area contributed by atoms with Crippen molar-refractivity contribution in [1.82, 2.24) is 14.8 Å². The summed E-state index contributed by atoms with van der Waals surface area (Å²) in [5, 5.41) is 9.73. The molecule has 0 bridgehead atoms. The number of carboxylic acid groups (broad SMARTS) is 1. The molecule has 1 rings (SSSR count). The Balaban J connectivity index is 2.63. The van der Waals surface area contributed by atoms with Crippen LogP contribution in [0.15, 0.2) is 18.3 Å². The fourth-order valence-electron chi connectivity index (χ4n) is 2.80. The highest BCUT2D eigenvalue weighted by Gasteiger charge is 2.37. The molecule has 0 fully saturated rings. The second-order valence-electron chi connectivity index (χ2n) is 9.14. The van der Waals surface area contributed by atoms with E-state index in [4.69, 9.17) is 4.43 Å². The van der Waals surface area contributed by atoms with Crippen molar-refractivity contribution in [3.63, 3.8) is 0 Å². The van der Waals surface area contributed by atoms with Crippen molar-refractivity contribution >= 4 is 14.4 Å². The number of nitrogens with zero attached hydrogens (tertiary/aromatic N) is 3. The molecule has 29 heavy (non-hydrogen) atoms. The van der Waals surface area contributed by atoms with E-state index in [-0.39, 0.29) is 5.04 Å². The van der Waals surface area contributed by atoms with Crippen molar-refractivity contribution in [2.45, 2.75) is 78.7 Å². The molecule has 1 aromatic rings. The van der Waals surface area contributed by atoms with Gasteiger partial charge in [-0.25, -0.2) is 4.79 Å². The Morgan fingerprint density at radius 2 is 1.79 bits per heavy atom. The molecule has 1 amide bonds. The minimum absolute atomic E-state index is 0.161. The first-order chi connectivity index (χ1) is 13.5. The van der Waals surface area contributed by atoms with Crippen molar-refractivity contribution in [2.75, 3.05) is 26.2 Å². The third-order valence-corrected chi connectivity index (χ3v) is 10.4. The highest BCUT2D eigenvalue weighted by molar-refractivity contribution is 6.74. The van der Waals surface area contributed by atoms with Gasteiger partial charge in [0.25, 0.3) is 0 Å². The molecule has 0 atom stereocenters. The predicted molar refractivity (Wildman–Crippen MR) is 122 cm³/mol. The fourth-order valence-corrected chi connectivity index (χ4v) is 3.76. The van der Waals surface area contributed by atoms with Gasteiger partial charge in [0.1, 0.15) is 0 Å². The van der Waals surface area contributed by atoms with E-state index in [0.29, 0.717) is 19.7 Å². The molecule has 166 valence electrons. The zero-order chi connectivity index (χ0) is 22.1. The van der Waals surface area contributed by atoms with Gasteiger partial charge in [0, 0.05) is 12.7 Å². The predicted octanol–water partition coefficient (Wildman–Crippen LogP) is 5.21. The van der Waals surface area contributed by atoms with E-state index in [0.717, 1.165) is 43.7 Å². The average molecular weight is 424 g/mol. The van der Waals surface area contributed by atoms with E-state index < -0.39 is 14.4 Å². The highest BCUT2D eigenvalue weighted by atomic mass is 28.4. The number of amides is 1. The first-order valence-corrected chi connectivity index (χ1v) is 13.7. The quantitative estimate of drug-likeness (QED) is 0.369. The molecular weight excluding hydrogens is 382 g/mol. The zero-order valence-corrected chi connectivity index (χ0v) is 20.5. The van der Waals surface area contributed by atoms with Gasteiger partial charge in [-0.05, 0) is 68.3 Å². The largest absolute Gasteiger partial charge is 0.465 e. The summed E-state index contributed by atoms with van der Waals surface area (Å²) in [4.78, 5) is 19.9. The van der Waals surface area contributed by atoms with Gasteiger partial charge in [0.2, 0.25) is 0 Å². The van der Waals surface area contributed by atoms with Crippen LogP contribution in [-0.4, -0.2) is 60.5 Å². The van der Waals surface area contributed by atoms with Gasteiger partial charge in [-0.3, -0.25) is 4.98 Å². The summed E-state index contributed by atoms with van der Waals surface area (Å²) in [6.07, 6.45) is 2.72. The summed E-state index contributed by atoms with van der Waals surface area (Å²) in [5.41, 5.74) is 1.82. The number of hydrogen-bond donors (Lipinski definition) is 1. The van der Waals surface area contributed by atoms with Gasteiger partial charge >= 0.3 is 6.09 Å². The Kier molecular flexibility index (Phi) is 10.3. The molecule has 0 unspecified atom stereocenters. The molecule has 0 aliphatic heterocycles. The Morgan fingerprint density at radius 3 is 2.34 bits per heavy atom. The molecule has 0 radical (unpaired) electrons. The lowest BCUT2D eigenvalue weighted by molar-refractivity contribution is 0.140. The SMILES string of the molecule is CCN(CC)CCCCN(Cc1cc(CO[Si](C)(C)C(C)(C)C)ccn1)C(=O)O. The van der Waals surface area contributed by atoms with Crippen molar-refractivity contribution in [1.29, 1.82) is 0 Å². The normalized spacial score (nSPS) is 12.4. The number of hydrogen-bond acceptors (Lipinski definition) is 4. The number of pyridine rings is 1. The van der Waals surface area contributed by atoms with E-state index in [9.17, 15) is 9.90 Å². The number of aromatic nitrogens is 1. The molecule has 1 heterocycles. The summed E-state index contributed by atoms with van der Waals surface area (Å²) in [5.74, 6) is 0. The molecule has 1 aromatic heterocycles. The van der Waals surface area contributed by atoms with Crippen molar-refractivity contribution in [2.24, 2.45) is 0 Å². The minimum Gasteiger partial charge on any atom is -0.465 e.